The van der Waals surface area contributed by atoms with Gasteiger partial charge in [-0.25, -0.2) is 15.0 Å². The Morgan fingerprint density at radius 2 is 1.90 bits per heavy atom. The lowest BCUT2D eigenvalue weighted by Crippen LogP contribution is -2.60. The van der Waals surface area contributed by atoms with Gasteiger partial charge in [-0.1, -0.05) is 12.0 Å². The zero-order valence-corrected chi connectivity index (χ0v) is 22.3. The van der Waals surface area contributed by atoms with Crippen LogP contribution < -0.4 is 11.1 Å². The van der Waals surface area contributed by atoms with Crippen LogP contribution in [0.3, 0.4) is 0 Å². The Hall–Kier alpha value is -4.22. The minimum absolute atomic E-state index is 0.300. The van der Waals surface area contributed by atoms with E-state index in [2.05, 4.69) is 44.9 Å². The molecule has 40 heavy (non-hydrogen) atoms. The van der Waals surface area contributed by atoms with Gasteiger partial charge in [-0.15, -0.1) is 0 Å². The molecule has 0 bridgehead atoms. The molecule has 8 heteroatoms. The minimum Gasteiger partial charge on any atom is -0.383 e. The number of carbonyl (C=O) groups is 1. The summed E-state index contributed by atoms with van der Waals surface area (Å²) >= 11 is 0. The predicted octanol–water partition coefficient (Wildman–Crippen LogP) is 4.02. The van der Waals surface area contributed by atoms with Crippen molar-refractivity contribution in [3.05, 3.63) is 65.5 Å². The fraction of sp³-hybridized carbons (Fsp3) is 0.375. The Balaban J connectivity index is 1.13. The van der Waals surface area contributed by atoms with E-state index in [-0.39, 0.29) is 0 Å². The maximum atomic E-state index is 12.3. The molecule has 1 amide bonds. The maximum absolute atomic E-state index is 12.3. The van der Waals surface area contributed by atoms with Crippen molar-refractivity contribution in [2.75, 3.05) is 18.8 Å². The molecule has 3 aliphatic carbocycles. The second kappa shape index (κ2) is 9.17. The average molecular weight is 530 g/mol. The lowest BCUT2D eigenvalue weighted by atomic mass is 10.0. The van der Waals surface area contributed by atoms with Crippen molar-refractivity contribution in [2.45, 2.75) is 50.6 Å². The number of fused-ring (bicyclic) bond motifs is 2. The highest BCUT2D eigenvalue weighted by Gasteiger charge is 2.40. The number of hydrogen-bond donors (Lipinski definition) is 2. The van der Waals surface area contributed by atoms with E-state index in [0.717, 1.165) is 72.7 Å². The van der Waals surface area contributed by atoms with Crippen molar-refractivity contribution in [1.82, 2.24) is 29.7 Å². The molecule has 2 saturated carbocycles. The summed E-state index contributed by atoms with van der Waals surface area (Å²) in [6.45, 7) is 1.65. The quantitative estimate of drug-likeness (QED) is 0.379. The molecule has 3 N–H and O–H groups in total. The molecule has 4 heterocycles. The third-order valence-electron chi connectivity index (χ3n) is 8.58. The molecule has 200 valence electrons. The van der Waals surface area contributed by atoms with Gasteiger partial charge < -0.3 is 16.0 Å². The number of anilines is 1. The normalized spacial score (nSPS) is 20.2. The van der Waals surface area contributed by atoms with Crippen LogP contribution in [0.4, 0.5) is 5.82 Å². The molecule has 1 saturated heterocycles. The molecule has 4 aliphatic rings. The lowest BCUT2D eigenvalue weighted by molar-refractivity contribution is -0.137. The first-order chi connectivity index (χ1) is 19.6. The van der Waals surface area contributed by atoms with Gasteiger partial charge in [-0.3, -0.25) is 9.36 Å². The van der Waals surface area contributed by atoms with Crippen molar-refractivity contribution >= 4 is 22.9 Å². The van der Waals surface area contributed by atoms with Gasteiger partial charge in [0, 0.05) is 48.9 Å². The Morgan fingerprint density at radius 1 is 1.02 bits per heavy atom. The van der Waals surface area contributed by atoms with Crippen molar-refractivity contribution < 1.29 is 4.79 Å². The number of nitrogens with one attached hydrogen (secondary N) is 1. The second-order valence-corrected chi connectivity index (χ2v) is 11.6. The molecule has 3 fully saturated rings. The number of aromatic nitrogens is 4. The molecule has 1 aliphatic heterocycles. The summed E-state index contributed by atoms with van der Waals surface area (Å²) < 4.78 is 2.10. The van der Waals surface area contributed by atoms with E-state index < -0.39 is 0 Å². The van der Waals surface area contributed by atoms with Crippen LogP contribution in [0.15, 0.2) is 48.7 Å². The lowest BCUT2D eigenvalue weighted by Gasteiger charge is -2.41. The molecule has 1 atom stereocenters. The Kier molecular flexibility index (Phi) is 5.42. The summed E-state index contributed by atoms with van der Waals surface area (Å²) in [6.07, 6.45) is 8.25. The van der Waals surface area contributed by atoms with Gasteiger partial charge in [0.25, 0.3) is 0 Å². The SMILES string of the molecule is Nc1ncccc1-c1nc2ccc(C#CC3CC3)nc2n1-c1ccc2c(c1)CC[C@@H]2NC1CN(C(=O)C2CC2)C1. The van der Waals surface area contributed by atoms with Gasteiger partial charge in [-0.05, 0) is 92.0 Å². The van der Waals surface area contributed by atoms with Crippen LogP contribution in [0.1, 0.15) is 55.0 Å². The van der Waals surface area contributed by atoms with Crippen LogP contribution in [-0.2, 0) is 11.2 Å². The number of nitrogens with zero attached hydrogens (tertiary/aromatic N) is 5. The summed E-state index contributed by atoms with van der Waals surface area (Å²) in [6, 6.07) is 15.1. The van der Waals surface area contributed by atoms with Crippen molar-refractivity contribution in [3.8, 4) is 28.9 Å². The summed E-state index contributed by atoms with van der Waals surface area (Å²) in [5.41, 5.74) is 13.1. The summed E-state index contributed by atoms with van der Waals surface area (Å²) in [7, 11) is 0. The third kappa shape index (κ3) is 4.22. The Bertz CT molecular complexity index is 1720. The topological polar surface area (TPSA) is 102 Å². The fourth-order valence-electron chi connectivity index (χ4n) is 6.02. The molecule has 0 radical (unpaired) electrons. The molecular formula is C32H31N7O. The van der Waals surface area contributed by atoms with Gasteiger partial charge in [0.1, 0.15) is 17.0 Å². The second-order valence-electron chi connectivity index (χ2n) is 11.6. The molecule has 0 unspecified atom stereocenters. The van der Waals surface area contributed by atoms with Gasteiger partial charge in [0.15, 0.2) is 11.5 Å². The fourth-order valence-corrected chi connectivity index (χ4v) is 6.02. The Morgan fingerprint density at radius 3 is 2.70 bits per heavy atom. The highest BCUT2D eigenvalue weighted by molar-refractivity contribution is 5.83. The van der Waals surface area contributed by atoms with E-state index in [1.54, 1.807) is 6.20 Å². The first kappa shape index (κ1) is 23.6. The number of likely N-dealkylation sites (tertiary alicyclic amines) is 1. The van der Waals surface area contributed by atoms with Gasteiger partial charge in [-0.2, -0.15) is 0 Å². The van der Waals surface area contributed by atoms with E-state index >= 15 is 0 Å². The number of rotatable bonds is 5. The van der Waals surface area contributed by atoms with E-state index in [1.165, 1.54) is 24.0 Å². The maximum Gasteiger partial charge on any atom is 0.225 e. The largest absolute Gasteiger partial charge is 0.383 e. The number of carbonyl (C=O) groups excluding carboxylic acids is 1. The molecule has 3 aromatic heterocycles. The molecule has 8 nitrogen and oxygen atoms in total. The number of amides is 1. The highest BCUT2D eigenvalue weighted by Crippen LogP contribution is 2.37. The van der Waals surface area contributed by atoms with Gasteiger partial charge in [0.2, 0.25) is 5.91 Å². The van der Waals surface area contributed by atoms with Gasteiger partial charge >= 0.3 is 0 Å². The smallest absolute Gasteiger partial charge is 0.225 e. The first-order valence-electron chi connectivity index (χ1n) is 14.4. The van der Waals surface area contributed by atoms with Crippen LogP contribution in [0.25, 0.3) is 28.2 Å². The number of nitrogens with two attached hydrogens (primary N) is 1. The summed E-state index contributed by atoms with van der Waals surface area (Å²) in [4.78, 5) is 28.6. The monoisotopic (exact) mass is 529 g/mol. The number of imidazole rings is 1. The molecule has 8 rings (SSSR count). The standard InChI is InChI=1S/C32H31N7O/c33-29-26(2-1-15-34-29)30-37-28-14-10-22(9-5-19-3-4-19)36-31(28)39(30)24-11-12-25-21(16-24)8-13-27(25)35-23-17-38(18-23)32(40)20-6-7-20/h1-2,10-12,14-16,19-20,23,27,35H,3-4,6-8,13,17-18H2,(H2,33,34)/t27-/m0/s1. The third-order valence-corrected chi connectivity index (χ3v) is 8.58. The van der Waals surface area contributed by atoms with Crippen molar-refractivity contribution in [1.29, 1.82) is 0 Å². The van der Waals surface area contributed by atoms with Crippen LogP contribution in [-0.4, -0.2) is 49.5 Å². The average Bonchev–Trinajstić information content (AvgIpc) is 3.88. The van der Waals surface area contributed by atoms with E-state index in [0.29, 0.717) is 35.6 Å². The summed E-state index contributed by atoms with van der Waals surface area (Å²) in [5.74, 6) is 8.91. The Labute approximate surface area is 233 Å². The highest BCUT2D eigenvalue weighted by atomic mass is 16.2. The number of nitrogen functional groups attached to an aromatic ring is 1. The molecular weight excluding hydrogens is 498 g/mol. The predicted molar refractivity (Wildman–Crippen MR) is 153 cm³/mol. The van der Waals surface area contributed by atoms with Gasteiger partial charge in [0.05, 0.1) is 5.56 Å². The van der Waals surface area contributed by atoms with E-state index in [1.807, 2.05) is 29.2 Å². The number of benzene rings is 1. The van der Waals surface area contributed by atoms with Crippen molar-refractivity contribution in [3.63, 3.8) is 0 Å². The van der Waals surface area contributed by atoms with Crippen LogP contribution in [0.5, 0.6) is 0 Å². The molecule has 1 aromatic carbocycles. The van der Waals surface area contributed by atoms with E-state index in [9.17, 15) is 4.79 Å². The first-order valence-corrected chi connectivity index (χ1v) is 14.4. The minimum atomic E-state index is 0.300. The number of hydrogen-bond acceptors (Lipinski definition) is 6. The number of aryl methyl sites for hydroxylation is 1. The number of pyridine rings is 2. The zero-order chi connectivity index (χ0) is 26.8. The van der Waals surface area contributed by atoms with Crippen LogP contribution in [0.2, 0.25) is 0 Å². The zero-order valence-electron chi connectivity index (χ0n) is 22.3. The van der Waals surface area contributed by atoms with Crippen molar-refractivity contribution in [2.24, 2.45) is 11.8 Å². The molecule has 4 aromatic rings. The van der Waals surface area contributed by atoms with Crippen LogP contribution >= 0.6 is 0 Å². The van der Waals surface area contributed by atoms with Crippen LogP contribution in [0, 0.1) is 23.7 Å². The summed E-state index contributed by atoms with van der Waals surface area (Å²) in [5, 5.41) is 3.81. The molecule has 0 spiro atoms. The van der Waals surface area contributed by atoms with E-state index in [4.69, 9.17) is 15.7 Å².